The summed E-state index contributed by atoms with van der Waals surface area (Å²) < 4.78 is 14.0. The SMILES string of the molecule is CCN(c1ccccc1F)c1ncc(CC(C)N)cc1C. The summed E-state index contributed by atoms with van der Waals surface area (Å²) >= 11 is 0. The number of benzene rings is 1. The van der Waals surface area contributed by atoms with E-state index < -0.39 is 0 Å². The Hall–Kier alpha value is -1.94. The summed E-state index contributed by atoms with van der Waals surface area (Å²) in [6.45, 7) is 6.61. The molecule has 0 saturated heterocycles. The summed E-state index contributed by atoms with van der Waals surface area (Å²) in [4.78, 5) is 6.41. The van der Waals surface area contributed by atoms with E-state index in [1.54, 1.807) is 12.1 Å². The normalized spacial score (nSPS) is 12.2. The highest BCUT2D eigenvalue weighted by Crippen LogP contribution is 2.28. The fourth-order valence-electron chi connectivity index (χ4n) is 2.50. The van der Waals surface area contributed by atoms with Gasteiger partial charge in [-0.1, -0.05) is 18.2 Å². The topological polar surface area (TPSA) is 42.2 Å². The predicted octanol–water partition coefficient (Wildman–Crippen LogP) is 3.58. The lowest BCUT2D eigenvalue weighted by Gasteiger charge is -2.24. The Bertz CT molecular complexity index is 611. The lowest BCUT2D eigenvalue weighted by Crippen LogP contribution is -2.21. The van der Waals surface area contributed by atoms with Crippen molar-refractivity contribution in [2.75, 3.05) is 11.4 Å². The van der Waals surface area contributed by atoms with Gasteiger partial charge in [-0.2, -0.15) is 0 Å². The maximum Gasteiger partial charge on any atom is 0.146 e. The molecule has 1 unspecified atom stereocenters. The molecule has 0 radical (unpaired) electrons. The number of hydrogen-bond acceptors (Lipinski definition) is 3. The third-order valence-electron chi connectivity index (χ3n) is 3.38. The van der Waals surface area contributed by atoms with E-state index in [0.29, 0.717) is 12.2 Å². The predicted molar refractivity (Wildman–Crippen MR) is 85.4 cm³/mol. The number of hydrogen-bond donors (Lipinski definition) is 1. The second kappa shape index (κ2) is 6.68. The van der Waals surface area contributed by atoms with Gasteiger partial charge < -0.3 is 10.6 Å². The quantitative estimate of drug-likeness (QED) is 0.914. The molecule has 2 aromatic rings. The zero-order chi connectivity index (χ0) is 15.4. The Balaban J connectivity index is 2.37. The second-order valence-electron chi connectivity index (χ2n) is 5.36. The lowest BCUT2D eigenvalue weighted by atomic mass is 10.1. The summed E-state index contributed by atoms with van der Waals surface area (Å²) in [5.41, 5.74) is 8.51. The smallest absolute Gasteiger partial charge is 0.146 e. The summed E-state index contributed by atoms with van der Waals surface area (Å²) in [5.74, 6) is 0.552. The molecular weight excluding hydrogens is 265 g/mol. The molecule has 0 fully saturated rings. The molecule has 112 valence electrons. The van der Waals surface area contributed by atoms with Crippen LogP contribution in [0.1, 0.15) is 25.0 Å². The molecule has 3 nitrogen and oxygen atoms in total. The first-order valence-corrected chi connectivity index (χ1v) is 7.26. The van der Waals surface area contributed by atoms with Gasteiger partial charge in [-0.05, 0) is 50.5 Å². The highest BCUT2D eigenvalue weighted by Gasteiger charge is 2.15. The van der Waals surface area contributed by atoms with Gasteiger partial charge in [0.15, 0.2) is 0 Å². The van der Waals surface area contributed by atoms with Crippen molar-refractivity contribution in [3.63, 3.8) is 0 Å². The monoisotopic (exact) mass is 287 g/mol. The summed E-state index contributed by atoms with van der Waals surface area (Å²) in [7, 11) is 0. The molecule has 0 aliphatic rings. The van der Waals surface area contributed by atoms with Crippen molar-refractivity contribution in [3.8, 4) is 0 Å². The molecule has 2 N–H and O–H groups in total. The van der Waals surface area contributed by atoms with Crippen molar-refractivity contribution in [1.29, 1.82) is 0 Å². The molecule has 1 aromatic carbocycles. The zero-order valence-corrected chi connectivity index (χ0v) is 12.8. The molecule has 21 heavy (non-hydrogen) atoms. The van der Waals surface area contributed by atoms with E-state index in [1.165, 1.54) is 6.07 Å². The Labute approximate surface area is 125 Å². The van der Waals surface area contributed by atoms with Crippen LogP contribution >= 0.6 is 0 Å². The summed E-state index contributed by atoms with van der Waals surface area (Å²) in [6.07, 6.45) is 2.62. The van der Waals surface area contributed by atoms with E-state index in [1.807, 2.05) is 37.9 Å². The van der Waals surface area contributed by atoms with Crippen molar-refractivity contribution in [1.82, 2.24) is 4.98 Å². The van der Waals surface area contributed by atoms with Crippen LogP contribution in [0.15, 0.2) is 36.5 Å². The van der Waals surface area contributed by atoms with Crippen molar-refractivity contribution < 1.29 is 4.39 Å². The average Bonchev–Trinajstić information content (AvgIpc) is 2.43. The number of anilines is 2. The molecule has 0 spiro atoms. The third kappa shape index (κ3) is 3.58. The molecule has 1 heterocycles. The standard InChI is InChI=1S/C17H22FN3/c1-4-21(16-8-6-5-7-15(16)18)17-12(2)9-14(11-20-17)10-13(3)19/h5-9,11,13H,4,10,19H2,1-3H3. The molecule has 0 saturated carbocycles. The Morgan fingerprint density at radius 2 is 2.05 bits per heavy atom. The number of aryl methyl sites for hydroxylation is 1. The number of nitrogens with two attached hydrogens (primary N) is 1. The molecule has 0 bridgehead atoms. The van der Waals surface area contributed by atoms with E-state index in [2.05, 4.69) is 11.1 Å². The van der Waals surface area contributed by atoms with Gasteiger partial charge in [0.2, 0.25) is 0 Å². The summed E-state index contributed by atoms with van der Waals surface area (Å²) in [6, 6.07) is 8.95. The molecule has 0 amide bonds. The minimum absolute atomic E-state index is 0.103. The van der Waals surface area contributed by atoms with Gasteiger partial charge in [0, 0.05) is 18.8 Å². The molecule has 0 aliphatic carbocycles. The maximum atomic E-state index is 14.0. The van der Waals surface area contributed by atoms with E-state index in [0.717, 1.165) is 23.4 Å². The van der Waals surface area contributed by atoms with Crippen molar-refractivity contribution in [3.05, 3.63) is 53.5 Å². The largest absolute Gasteiger partial charge is 0.328 e. The number of pyridine rings is 1. The zero-order valence-electron chi connectivity index (χ0n) is 12.8. The van der Waals surface area contributed by atoms with Crippen LogP contribution in [0.4, 0.5) is 15.9 Å². The van der Waals surface area contributed by atoms with E-state index in [9.17, 15) is 4.39 Å². The summed E-state index contributed by atoms with van der Waals surface area (Å²) in [5, 5.41) is 0. The Kier molecular flexibility index (Phi) is 4.91. The highest BCUT2D eigenvalue weighted by atomic mass is 19.1. The van der Waals surface area contributed by atoms with Crippen molar-refractivity contribution in [2.45, 2.75) is 33.2 Å². The average molecular weight is 287 g/mol. The molecule has 1 aromatic heterocycles. The highest BCUT2D eigenvalue weighted by molar-refractivity contribution is 5.63. The third-order valence-corrected chi connectivity index (χ3v) is 3.38. The molecular formula is C17H22FN3. The maximum absolute atomic E-state index is 14.0. The van der Waals surface area contributed by atoms with Crippen LogP contribution in [-0.2, 0) is 6.42 Å². The first kappa shape index (κ1) is 15.4. The van der Waals surface area contributed by atoms with Gasteiger partial charge >= 0.3 is 0 Å². The van der Waals surface area contributed by atoms with E-state index >= 15 is 0 Å². The Morgan fingerprint density at radius 3 is 2.62 bits per heavy atom. The number of rotatable bonds is 5. The molecule has 0 aliphatic heterocycles. The van der Waals surface area contributed by atoms with Crippen LogP contribution in [0.3, 0.4) is 0 Å². The van der Waals surface area contributed by atoms with Gasteiger partial charge in [0.25, 0.3) is 0 Å². The first-order chi connectivity index (χ1) is 10.0. The number of halogens is 1. The minimum Gasteiger partial charge on any atom is -0.328 e. The van der Waals surface area contributed by atoms with Crippen LogP contribution in [-0.4, -0.2) is 17.6 Å². The Morgan fingerprint density at radius 1 is 1.33 bits per heavy atom. The van der Waals surface area contributed by atoms with E-state index in [4.69, 9.17) is 5.73 Å². The number of para-hydroxylation sites is 1. The fourth-order valence-corrected chi connectivity index (χ4v) is 2.50. The number of nitrogens with zero attached hydrogens (tertiary/aromatic N) is 2. The van der Waals surface area contributed by atoms with E-state index in [-0.39, 0.29) is 11.9 Å². The van der Waals surface area contributed by atoms with Gasteiger partial charge in [0.05, 0.1) is 5.69 Å². The van der Waals surface area contributed by atoms with Gasteiger partial charge in [-0.25, -0.2) is 9.37 Å². The number of aromatic nitrogens is 1. The van der Waals surface area contributed by atoms with Gasteiger partial charge in [0.1, 0.15) is 11.6 Å². The van der Waals surface area contributed by atoms with Crippen molar-refractivity contribution in [2.24, 2.45) is 5.73 Å². The van der Waals surface area contributed by atoms with Crippen LogP contribution < -0.4 is 10.6 Å². The van der Waals surface area contributed by atoms with Crippen LogP contribution in [0.25, 0.3) is 0 Å². The van der Waals surface area contributed by atoms with Crippen LogP contribution in [0, 0.1) is 12.7 Å². The van der Waals surface area contributed by atoms with Gasteiger partial charge in [-0.15, -0.1) is 0 Å². The molecule has 4 heteroatoms. The lowest BCUT2D eigenvalue weighted by molar-refractivity contribution is 0.625. The van der Waals surface area contributed by atoms with Crippen LogP contribution in [0.5, 0.6) is 0 Å². The van der Waals surface area contributed by atoms with Gasteiger partial charge in [-0.3, -0.25) is 0 Å². The fraction of sp³-hybridized carbons (Fsp3) is 0.353. The van der Waals surface area contributed by atoms with Crippen LogP contribution in [0.2, 0.25) is 0 Å². The second-order valence-corrected chi connectivity index (χ2v) is 5.36. The molecule has 2 rings (SSSR count). The molecule has 1 atom stereocenters. The minimum atomic E-state index is -0.236. The van der Waals surface area contributed by atoms with Crippen molar-refractivity contribution >= 4 is 11.5 Å². The first-order valence-electron chi connectivity index (χ1n) is 7.26.